The van der Waals surface area contributed by atoms with Crippen molar-refractivity contribution in [1.29, 1.82) is 5.41 Å². The number of hydrogen-bond acceptors (Lipinski definition) is 2. The van der Waals surface area contributed by atoms with Crippen LogP contribution in [0.5, 0.6) is 0 Å². The smallest absolute Gasteiger partial charge is 0.124 e. The van der Waals surface area contributed by atoms with E-state index in [1.807, 2.05) is 18.2 Å². The first-order valence-corrected chi connectivity index (χ1v) is 7.04. The molecule has 2 aromatic carbocycles. The lowest BCUT2D eigenvalue weighted by Gasteiger charge is -2.32. The number of aryl methyl sites for hydroxylation is 1. The summed E-state index contributed by atoms with van der Waals surface area (Å²) in [5.74, 6) is 0.0468. The van der Waals surface area contributed by atoms with E-state index in [0.29, 0.717) is 10.6 Å². The predicted molar refractivity (Wildman–Crippen MR) is 84.2 cm³/mol. The number of fused-ring (bicyclic) bond motifs is 1. The Balaban J connectivity index is 2.13. The zero-order valence-corrected chi connectivity index (χ0v) is 11.8. The van der Waals surface area contributed by atoms with Crippen LogP contribution in [-0.4, -0.2) is 12.4 Å². The van der Waals surface area contributed by atoms with E-state index < -0.39 is 0 Å². The van der Waals surface area contributed by atoms with Gasteiger partial charge in [-0.25, -0.2) is 0 Å². The minimum atomic E-state index is 0.0468. The molecule has 0 saturated carbocycles. The summed E-state index contributed by atoms with van der Waals surface area (Å²) in [5.41, 5.74) is 9.88. The number of nitrogens with one attached hydrogen (secondary N) is 1. The Morgan fingerprint density at radius 1 is 1.15 bits per heavy atom. The van der Waals surface area contributed by atoms with Gasteiger partial charge < -0.3 is 10.6 Å². The Bertz CT molecular complexity index is 667. The molecule has 0 bridgehead atoms. The molecule has 0 saturated heterocycles. The summed E-state index contributed by atoms with van der Waals surface area (Å²) >= 11 is 6.03. The van der Waals surface area contributed by atoms with Crippen LogP contribution < -0.4 is 10.6 Å². The Hall–Kier alpha value is -2.00. The molecule has 0 aromatic heterocycles. The van der Waals surface area contributed by atoms with Crippen LogP contribution in [0, 0.1) is 5.41 Å². The van der Waals surface area contributed by atoms with Gasteiger partial charge in [-0.05, 0) is 42.7 Å². The van der Waals surface area contributed by atoms with Gasteiger partial charge in [0.2, 0.25) is 0 Å². The second kappa shape index (κ2) is 5.17. The molecule has 1 heterocycles. The maximum Gasteiger partial charge on any atom is 0.124 e. The van der Waals surface area contributed by atoms with Crippen LogP contribution in [0.15, 0.2) is 42.5 Å². The molecule has 1 aliphatic heterocycles. The van der Waals surface area contributed by atoms with Crippen LogP contribution in [-0.2, 0) is 6.42 Å². The van der Waals surface area contributed by atoms with Crippen LogP contribution in [0.1, 0.15) is 17.5 Å². The number of rotatable bonds is 2. The SMILES string of the molecule is N=C(N)c1cc(Cl)ccc1N1CCCc2ccccc21. The fourth-order valence-electron chi connectivity index (χ4n) is 2.74. The van der Waals surface area contributed by atoms with Gasteiger partial charge >= 0.3 is 0 Å². The number of benzene rings is 2. The third-order valence-electron chi connectivity index (χ3n) is 3.65. The molecule has 0 unspecified atom stereocenters. The highest BCUT2D eigenvalue weighted by molar-refractivity contribution is 6.31. The molecule has 0 fully saturated rings. The molecule has 3 N–H and O–H groups in total. The van der Waals surface area contributed by atoms with Crippen LogP contribution in [0.2, 0.25) is 5.02 Å². The molecular weight excluding hydrogens is 270 g/mol. The molecule has 0 radical (unpaired) electrons. The molecule has 20 heavy (non-hydrogen) atoms. The monoisotopic (exact) mass is 285 g/mol. The molecule has 4 heteroatoms. The highest BCUT2D eigenvalue weighted by atomic mass is 35.5. The van der Waals surface area contributed by atoms with Gasteiger partial charge in [0.05, 0.1) is 5.69 Å². The number of nitrogens with two attached hydrogens (primary N) is 1. The van der Waals surface area contributed by atoms with Crippen molar-refractivity contribution in [2.24, 2.45) is 5.73 Å². The van der Waals surface area contributed by atoms with E-state index in [9.17, 15) is 0 Å². The maximum absolute atomic E-state index is 7.77. The molecule has 0 amide bonds. The van der Waals surface area contributed by atoms with Crippen molar-refractivity contribution in [2.45, 2.75) is 12.8 Å². The largest absolute Gasteiger partial charge is 0.384 e. The van der Waals surface area contributed by atoms with Crippen LogP contribution in [0.3, 0.4) is 0 Å². The first-order valence-electron chi connectivity index (χ1n) is 6.66. The highest BCUT2D eigenvalue weighted by Crippen LogP contribution is 2.35. The van der Waals surface area contributed by atoms with Crippen LogP contribution >= 0.6 is 11.6 Å². The van der Waals surface area contributed by atoms with E-state index in [1.165, 1.54) is 11.3 Å². The van der Waals surface area contributed by atoms with Crippen molar-refractivity contribution >= 4 is 28.8 Å². The summed E-state index contributed by atoms with van der Waals surface area (Å²) in [7, 11) is 0. The van der Waals surface area contributed by atoms with Gasteiger partial charge in [0.15, 0.2) is 0 Å². The maximum atomic E-state index is 7.77. The van der Waals surface area contributed by atoms with Gasteiger partial charge in [0.25, 0.3) is 0 Å². The number of amidine groups is 1. The Labute approximate surface area is 123 Å². The fraction of sp³-hybridized carbons (Fsp3) is 0.188. The van der Waals surface area contributed by atoms with Crippen molar-refractivity contribution < 1.29 is 0 Å². The molecule has 0 aliphatic carbocycles. The van der Waals surface area contributed by atoms with E-state index in [4.69, 9.17) is 22.7 Å². The second-order valence-electron chi connectivity index (χ2n) is 4.96. The zero-order valence-electron chi connectivity index (χ0n) is 11.1. The summed E-state index contributed by atoms with van der Waals surface area (Å²) in [4.78, 5) is 2.23. The van der Waals surface area contributed by atoms with E-state index in [-0.39, 0.29) is 5.84 Å². The number of nitrogen functional groups attached to an aromatic ring is 1. The van der Waals surface area contributed by atoms with Crippen molar-refractivity contribution in [1.82, 2.24) is 0 Å². The highest BCUT2D eigenvalue weighted by Gasteiger charge is 2.20. The molecule has 3 nitrogen and oxygen atoms in total. The van der Waals surface area contributed by atoms with Crippen molar-refractivity contribution in [3.8, 4) is 0 Å². The average molecular weight is 286 g/mol. The minimum absolute atomic E-state index is 0.0468. The summed E-state index contributed by atoms with van der Waals surface area (Å²) in [6.07, 6.45) is 2.19. The Morgan fingerprint density at radius 3 is 2.75 bits per heavy atom. The van der Waals surface area contributed by atoms with E-state index in [0.717, 1.165) is 25.1 Å². The van der Waals surface area contributed by atoms with Gasteiger partial charge in [0, 0.05) is 22.8 Å². The summed E-state index contributed by atoms with van der Waals surface area (Å²) < 4.78 is 0. The average Bonchev–Trinajstić information content (AvgIpc) is 2.46. The van der Waals surface area contributed by atoms with E-state index in [1.54, 1.807) is 6.07 Å². The fourth-order valence-corrected chi connectivity index (χ4v) is 2.92. The molecule has 0 spiro atoms. The molecule has 2 aromatic rings. The lowest BCUT2D eigenvalue weighted by atomic mass is 10.00. The number of nitrogens with zero attached hydrogens (tertiary/aromatic N) is 1. The normalized spacial score (nSPS) is 13.9. The molecule has 0 atom stereocenters. The second-order valence-corrected chi connectivity index (χ2v) is 5.40. The Morgan fingerprint density at radius 2 is 1.95 bits per heavy atom. The molecule has 102 valence electrons. The number of halogens is 1. The summed E-state index contributed by atoms with van der Waals surface area (Å²) in [6.45, 7) is 0.929. The van der Waals surface area contributed by atoms with Gasteiger partial charge in [-0.1, -0.05) is 29.8 Å². The Kier molecular flexibility index (Phi) is 3.36. The van der Waals surface area contributed by atoms with Gasteiger partial charge in [-0.2, -0.15) is 0 Å². The number of anilines is 2. The first-order chi connectivity index (χ1) is 9.66. The van der Waals surface area contributed by atoms with Gasteiger partial charge in [-0.3, -0.25) is 5.41 Å². The van der Waals surface area contributed by atoms with Crippen LogP contribution in [0.25, 0.3) is 0 Å². The molecular formula is C16H16ClN3. The lowest BCUT2D eigenvalue weighted by Crippen LogP contribution is -2.27. The number of para-hydroxylation sites is 1. The van der Waals surface area contributed by atoms with Gasteiger partial charge in [-0.15, -0.1) is 0 Å². The van der Waals surface area contributed by atoms with E-state index >= 15 is 0 Å². The molecule has 1 aliphatic rings. The minimum Gasteiger partial charge on any atom is -0.384 e. The zero-order chi connectivity index (χ0) is 14.1. The third-order valence-corrected chi connectivity index (χ3v) is 3.88. The number of hydrogen-bond donors (Lipinski definition) is 2. The summed E-state index contributed by atoms with van der Waals surface area (Å²) in [5, 5.41) is 8.37. The quantitative estimate of drug-likeness (QED) is 0.653. The summed E-state index contributed by atoms with van der Waals surface area (Å²) in [6, 6.07) is 13.9. The predicted octanol–water partition coefficient (Wildman–Crippen LogP) is 3.71. The topological polar surface area (TPSA) is 53.1 Å². The molecule has 3 rings (SSSR count). The lowest BCUT2D eigenvalue weighted by molar-refractivity contribution is 0.766. The van der Waals surface area contributed by atoms with Gasteiger partial charge in [0.1, 0.15) is 5.84 Å². The van der Waals surface area contributed by atoms with Crippen molar-refractivity contribution in [3.05, 3.63) is 58.6 Å². The van der Waals surface area contributed by atoms with E-state index in [2.05, 4.69) is 23.1 Å². The van der Waals surface area contributed by atoms with Crippen LogP contribution in [0.4, 0.5) is 11.4 Å². The van der Waals surface area contributed by atoms with Crippen molar-refractivity contribution in [3.63, 3.8) is 0 Å². The standard InChI is InChI=1S/C16H16ClN3/c17-12-7-8-15(13(10-12)16(18)19)20-9-3-5-11-4-1-2-6-14(11)20/h1-2,4,6-8,10H,3,5,9H2,(H3,18,19). The third kappa shape index (κ3) is 2.25. The first kappa shape index (κ1) is 13.0. The van der Waals surface area contributed by atoms with Crippen molar-refractivity contribution in [2.75, 3.05) is 11.4 Å².